The van der Waals surface area contributed by atoms with E-state index in [1.807, 2.05) is 13.8 Å². The molecule has 0 amide bonds. The lowest BCUT2D eigenvalue weighted by Crippen LogP contribution is -2.52. The highest BCUT2D eigenvalue weighted by atomic mass is 19.4. The number of hydrogen-bond acceptors (Lipinski definition) is 2. The van der Waals surface area contributed by atoms with Crippen LogP contribution in [0.1, 0.15) is 30.5 Å². The number of ether oxygens (including phenoxy) is 1. The van der Waals surface area contributed by atoms with Crippen LogP contribution in [-0.2, 0) is 17.5 Å². The zero-order valence-electron chi connectivity index (χ0n) is 12.0. The summed E-state index contributed by atoms with van der Waals surface area (Å²) >= 11 is 0. The molecule has 0 unspecified atom stereocenters. The highest BCUT2D eigenvalue weighted by Crippen LogP contribution is 2.34. The second kappa shape index (κ2) is 5.37. The largest absolute Gasteiger partial charge is 0.416 e. The van der Waals surface area contributed by atoms with E-state index in [0.717, 1.165) is 0 Å². The van der Waals surface area contributed by atoms with E-state index in [9.17, 15) is 13.2 Å². The van der Waals surface area contributed by atoms with Gasteiger partial charge in [0.1, 0.15) is 0 Å². The Morgan fingerprint density at radius 1 is 1.30 bits per heavy atom. The first kappa shape index (κ1) is 15.3. The summed E-state index contributed by atoms with van der Waals surface area (Å²) in [6.45, 7) is 7.72. The van der Waals surface area contributed by atoms with Gasteiger partial charge in [0, 0.05) is 18.6 Å². The maximum Gasteiger partial charge on any atom is 0.416 e. The molecule has 1 aromatic rings. The van der Waals surface area contributed by atoms with Gasteiger partial charge in [-0.05, 0) is 32.4 Å². The van der Waals surface area contributed by atoms with E-state index in [4.69, 9.17) is 4.74 Å². The minimum absolute atomic E-state index is 0.244. The van der Waals surface area contributed by atoms with E-state index in [-0.39, 0.29) is 5.54 Å². The van der Waals surface area contributed by atoms with Crippen molar-refractivity contribution in [1.29, 1.82) is 0 Å². The van der Waals surface area contributed by atoms with Crippen molar-refractivity contribution in [2.24, 2.45) is 0 Å². The summed E-state index contributed by atoms with van der Waals surface area (Å²) in [5, 5.41) is 0. The molecule has 20 heavy (non-hydrogen) atoms. The Morgan fingerprint density at radius 3 is 2.60 bits per heavy atom. The van der Waals surface area contributed by atoms with Crippen molar-refractivity contribution in [3.8, 4) is 0 Å². The third kappa shape index (κ3) is 3.33. The summed E-state index contributed by atoms with van der Waals surface area (Å²) in [6.07, 6.45) is -4.31. The van der Waals surface area contributed by atoms with Crippen molar-refractivity contribution in [1.82, 2.24) is 4.90 Å². The second-order valence-corrected chi connectivity index (χ2v) is 5.94. The molecule has 0 atom stereocenters. The molecule has 112 valence electrons. The summed E-state index contributed by atoms with van der Waals surface area (Å²) in [5.74, 6) is 0. The number of aryl methyl sites for hydroxylation is 1. The third-order valence-corrected chi connectivity index (χ3v) is 3.75. The number of morpholine rings is 1. The molecule has 1 aliphatic heterocycles. The van der Waals surface area contributed by atoms with E-state index >= 15 is 0 Å². The van der Waals surface area contributed by atoms with E-state index in [2.05, 4.69) is 4.90 Å². The number of halogens is 3. The SMILES string of the molecule is Cc1ccc(CN2CCOCC2(C)C)c(C(F)(F)F)c1. The molecule has 5 heteroatoms. The number of alkyl halides is 3. The van der Waals surface area contributed by atoms with Crippen LogP contribution in [0.3, 0.4) is 0 Å². The van der Waals surface area contributed by atoms with Crippen LogP contribution in [0.15, 0.2) is 18.2 Å². The maximum absolute atomic E-state index is 13.1. The Bertz CT molecular complexity index is 482. The van der Waals surface area contributed by atoms with Crippen LogP contribution in [0.25, 0.3) is 0 Å². The fourth-order valence-corrected chi connectivity index (χ4v) is 2.48. The molecule has 1 heterocycles. The lowest BCUT2D eigenvalue weighted by Gasteiger charge is -2.42. The molecule has 0 radical (unpaired) electrons. The molecule has 1 saturated heterocycles. The highest BCUT2D eigenvalue weighted by molar-refractivity contribution is 5.33. The number of rotatable bonds is 2. The summed E-state index contributed by atoms with van der Waals surface area (Å²) in [6, 6.07) is 4.55. The number of hydrogen-bond donors (Lipinski definition) is 0. The zero-order valence-corrected chi connectivity index (χ0v) is 12.0. The normalized spacial score (nSPS) is 20.1. The van der Waals surface area contributed by atoms with Gasteiger partial charge in [-0.2, -0.15) is 13.2 Å². The second-order valence-electron chi connectivity index (χ2n) is 5.94. The topological polar surface area (TPSA) is 12.5 Å². The van der Waals surface area contributed by atoms with Crippen molar-refractivity contribution in [3.05, 3.63) is 34.9 Å². The van der Waals surface area contributed by atoms with Crippen molar-refractivity contribution < 1.29 is 17.9 Å². The van der Waals surface area contributed by atoms with Crippen LogP contribution in [0.4, 0.5) is 13.2 Å². The average molecular weight is 287 g/mol. The van der Waals surface area contributed by atoms with Crippen LogP contribution in [0.2, 0.25) is 0 Å². The smallest absolute Gasteiger partial charge is 0.378 e. The van der Waals surface area contributed by atoms with Crippen LogP contribution < -0.4 is 0 Å². The zero-order chi connectivity index (χ0) is 15.0. The molecule has 1 aromatic carbocycles. The quantitative estimate of drug-likeness (QED) is 0.823. The molecule has 0 N–H and O–H groups in total. The fourth-order valence-electron chi connectivity index (χ4n) is 2.48. The van der Waals surface area contributed by atoms with Crippen LogP contribution in [0, 0.1) is 6.92 Å². The molecule has 0 aromatic heterocycles. The Labute approximate surface area is 117 Å². The first-order chi connectivity index (χ1) is 9.20. The molecular formula is C15H20F3NO. The van der Waals surface area contributed by atoms with Gasteiger partial charge in [0.15, 0.2) is 0 Å². The van der Waals surface area contributed by atoms with Gasteiger partial charge >= 0.3 is 6.18 Å². The summed E-state index contributed by atoms with van der Waals surface area (Å²) in [7, 11) is 0. The van der Waals surface area contributed by atoms with Crippen LogP contribution in [-0.4, -0.2) is 30.2 Å². The predicted octanol–water partition coefficient (Wildman–Crippen LogP) is 3.62. The van der Waals surface area contributed by atoms with Gasteiger partial charge < -0.3 is 4.74 Å². The maximum atomic E-state index is 13.1. The van der Waals surface area contributed by atoms with Gasteiger partial charge in [0.25, 0.3) is 0 Å². The van der Waals surface area contributed by atoms with Crippen molar-refractivity contribution in [3.63, 3.8) is 0 Å². The van der Waals surface area contributed by atoms with Gasteiger partial charge in [-0.3, -0.25) is 4.90 Å². The highest BCUT2D eigenvalue weighted by Gasteiger charge is 2.36. The monoisotopic (exact) mass is 287 g/mol. The van der Waals surface area contributed by atoms with Gasteiger partial charge in [0.05, 0.1) is 18.8 Å². The molecule has 0 aliphatic carbocycles. The molecule has 0 saturated carbocycles. The van der Waals surface area contributed by atoms with Gasteiger partial charge in [-0.15, -0.1) is 0 Å². The third-order valence-electron chi connectivity index (χ3n) is 3.75. The summed E-state index contributed by atoms with van der Waals surface area (Å²) in [4.78, 5) is 2.05. The molecule has 2 nitrogen and oxygen atoms in total. The summed E-state index contributed by atoms with van der Waals surface area (Å²) < 4.78 is 44.8. The van der Waals surface area contributed by atoms with E-state index in [0.29, 0.717) is 37.4 Å². The Hall–Kier alpha value is -1.07. The summed E-state index contributed by atoms with van der Waals surface area (Å²) in [5.41, 5.74) is 0.187. The van der Waals surface area contributed by atoms with E-state index in [1.165, 1.54) is 6.07 Å². The minimum atomic E-state index is -4.31. The van der Waals surface area contributed by atoms with Gasteiger partial charge in [0.2, 0.25) is 0 Å². The van der Waals surface area contributed by atoms with Crippen LogP contribution in [0.5, 0.6) is 0 Å². The molecule has 2 rings (SSSR count). The molecule has 0 bridgehead atoms. The Morgan fingerprint density at radius 2 is 2.00 bits per heavy atom. The Balaban J connectivity index is 2.29. The predicted molar refractivity (Wildman–Crippen MR) is 71.5 cm³/mol. The fraction of sp³-hybridized carbons (Fsp3) is 0.600. The molecule has 1 aliphatic rings. The first-order valence-corrected chi connectivity index (χ1v) is 6.70. The lowest BCUT2D eigenvalue weighted by molar-refractivity contribution is -0.139. The van der Waals surface area contributed by atoms with Gasteiger partial charge in [-0.25, -0.2) is 0 Å². The molecular weight excluding hydrogens is 267 g/mol. The van der Waals surface area contributed by atoms with Crippen molar-refractivity contribution in [2.75, 3.05) is 19.8 Å². The molecule has 1 fully saturated rings. The molecule has 0 spiro atoms. The van der Waals surface area contributed by atoms with Crippen molar-refractivity contribution in [2.45, 2.75) is 39.0 Å². The van der Waals surface area contributed by atoms with E-state index < -0.39 is 11.7 Å². The van der Waals surface area contributed by atoms with Crippen LogP contribution >= 0.6 is 0 Å². The lowest BCUT2D eigenvalue weighted by atomic mass is 9.98. The first-order valence-electron chi connectivity index (χ1n) is 6.70. The van der Waals surface area contributed by atoms with Gasteiger partial charge in [-0.1, -0.05) is 17.7 Å². The number of benzene rings is 1. The number of nitrogens with zero attached hydrogens (tertiary/aromatic N) is 1. The minimum Gasteiger partial charge on any atom is -0.378 e. The average Bonchev–Trinajstić information content (AvgIpc) is 2.32. The standard InChI is InChI=1S/C15H20F3NO/c1-11-4-5-12(13(8-11)15(16,17)18)9-19-6-7-20-10-14(19,2)3/h4-5,8H,6-7,9-10H2,1-3H3. The van der Waals surface area contributed by atoms with Crippen molar-refractivity contribution >= 4 is 0 Å². The van der Waals surface area contributed by atoms with E-state index in [1.54, 1.807) is 19.1 Å². The Kier molecular flexibility index (Phi) is 4.12.